The molecule has 4 heterocycles. The van der Waals surface area contributed by atoms with Crippen molar-refractivity contribution in [3.63, 3.8) is 0 Å². The summed E-state index contributed by atoms with van der Waals surface area (Å²) in [6.07, 6.45) is 6.02. The molecule has 32 heavy (non-hydrogen) atoms. The number of thioether (sulfide) groups is 1. The summed E-state index contributed by atoms with van der Waals surface area (Å²) in [7, 11) is 0. The fourth-order valence-electron chi connectivity index (χ4n) is 3.92. The number of amides is 1. The van der Waals surface area contributed by atoms with Gasteiger partial charge in [0.2, 0.25) is 24.3 Å². The summed E-state index contributed by atoms with van der Waals surface area (Å²) in [6.45, 7) is 2.19. The summed E-state index contributed by atoms with van der Waals surface area (Å²) in [4.78, 5) is 21.3. The van der Waals surface area contributed by atoms with Gasteiger partial charge in [0.05, 0.1) is 11.4 Å². The number of nitrogens with zero attached hydrogens (tertiary/aromatic N) is 4. The zero-order valence-electron chi connectivity index (χ0n) is 17.2. The van der Waals surface area contributed by atoms with Crippen LogP contribution in [0.5, 0.6) is 11.5 Å². The van der Waals surface area contributed by atoms with Gasteiger partial charge < -0.3 is 18.8 Å². The SMILES string of the molecule is N#Cc1nc(C=C2SC(=S)N(Cc3ccc4c(c3)OCO4)C2=O)oc1N1CCCCCC1. The molecule has 0 aliphatic carbocycles. The van der Waals surface area contributed by atoms with E-state index in [-0.39, 0.29) is 24.3 Å². The molecule has 0 atom stereocenters. The Labute approximate surface area is 194 Å². The third-order valence-electron chi connectivity index (χ3n) is 5.53. The summed E-state index contributed by atoms with van der Waals surface area (Å²) in [5.41, 5.74) is 1.13. The molecule has 3 aliphatic rings. The van der Waals surface area contributed by atoms with Gasteiger partial charge in [-0.25, -0.2) is 0 Å². The number of oxazole rings is 1. The van der Waals surface area contributed by atoms with Crippen LogP contribution >= 0.6 is 24.0 Å². The van der Waals surface area contributed by atoms with Crippen molar-refractivity contribution in [2.24, 2.45) is 0 Å². The van der Waals surface area contributed by atoms with Crippen LogP contribution in [0.25, 0.3) is 6.08 Å². The summed E-state index contributed by atoms with van der Waals surface area (Å²) in [6, 6.07) is 7.68. The number of hydrogen-bond acceptors (Lipinski definition) is 9. The molecule has 0 N–H and O–H groups in total. The van der Waals surface area contributed by atoms with E-state index in [0.717, 1.165) is 31.5 Å². The second-order valence-corrected chi connectivity index (χ2v) is 9.35. The maximum Gasteiger partial charge on any atom is 0.266 e. The first kappa shape index (κ1) is 20.8. The molecular formula is C22H20N4O4S2. The third kappa shape index (κ3) is 4.06. The van der Waals surface area contributed by atoms with E-state index in [1.165, 1.54) is 29.5 Å². The lowest BCUT2D eigenvalue weighted by atomic mass is 10.2. The topological polar surface area (TPSA) is 91.8 Å². The number of thiocarbonyl (C=S) groups is 1. The molecule has 2 saturated heterocycles. The first-order valence-corrected chi connectivity index (χ1v) is 11.6. The summed E-state index contributed by atoms with van der Waals surface area (Å²) in [5.74, 6) is 1.86. The average Bonchev–Trinajstić information content (AvgIpc) is 3.42. The highest BCUT2D eigenvalue weighted by Gasteiger charge is 2.33. The van der Waals surface area contributed by atoms with Gasteiger partial charge in [0, 0.05) is 19.2 Å². The Morgan fingerprint density at radius 2 is 1.97 bits per heavy atom. The normalized spacial score (nSPS) is 19.5. The van der Waals surface area contributed by atoms with E-state index >= 15 is 0 Å². The number of nitriles is 1. The Morgan fingerprint density at radius 1 is 1.19 bits per heavy atom. The van der Waals surface area contributed by atoms with Crippen molar-refractivity contribution < 1.29 is 18.7 Å². The van der Waals surface area contributed by atoms with Crippen molar-refractivity contribution in [1.29, 1.82) is 5.26 Å². The molecule has 1 amide bonds. The van der Waals surface area contributed by atoms with Crippen LogP contribution < -0.4 is 14.4 Å². The maximum absolute atomic E-state index is 13.0. The molecule has 2 aromatic rings. The van der Waals surface area contributed by atoms with Gasteiger partial charge in [-0.1, -0.05) is 42.9 Å². The van der Waals surface area contributed by atoms with E-state index in [1.54, 1.807) is 6.08 Å². The fourth-order valence-corrected chi connectivity index (χ4v) is 5.14. The fraction of sp³-hybridized carbons (Fsp3) is 0.364. The molecule has 1 aromatic heterocycles. The van der Waals surface area contributed by atoms with Crippen molar-refractivity contribution in [3.05, 3.63) is 40.3 Å². The molecule has 0 spiro atoms. The molecule has 3 aliphatic heterocycles. The number of carbonyl (C=O) groups is 1. The van der Waals surface area contributed by atoms with Crippen molar-refractivity contribution >= 4 is 46.2 Å². The lowest BCUT2D eigenvalue weighted by Gasteiger charge is -2.18. The average molecular weight is 469 g/mol. The van der Waals surface area contributed by atoms with Gasteiger partial charge in [-0.05, 0) is 30.5 Å². The van der Waals surface area contributed by atoms with Gasteiger partial charge in [0.1, 0.15) is 10.4 Å². The minimum Gasteiger partial charge on any atom is -0.454 e. The molecule has 1 aromatic carbocycles. The highest BCUT2D eigenvalue weighted by molar-refractivity contribution is 8.26. The summed E-state index contributed by atoms with van der Waals surface area (Å²) in [5, 5.41) is 9.52. The van der Waals surface area contributed by atoms with E-state index < -0.39 is 0 Å². The summed E-state index contributed by atoms with van der Waals surface area (Å²) >= 11 is 6.64. The number of rotatable bonds is 4. The predicted octanol–water partition coefficient (Wildman–Crippen LogP) is 4.06. The van der Waals surface area contributed by atoms with Gasteiger partial charge >= 0.3 is 0 Å². The molecule has 8 nitrogen and oxygen atoms in total. The van der Waals surface area contributed by atoms with Crippen LogP contribution in [0.2, 0.25) is 0 Å². The molecule has 0 bridgehead atoms. The van der Waals surface area contributed by atoms with Crippen molar-refractivity contribution in [2.45, 2.75) is 32.2 Å². The number of hydrogen-bond donors (Lipinski definition) is 0. The Hall–Kier alpha value is -3.03. The predicted molar refractivity (Wildman–Crippen MR) is 123 cm³/mol. The summed E-state index contributed by atoms with van der Waals surface area (Å²) < 4.78 is 17.1. The van der Waals surface area contributed by atoms with Gasteiger partial charge in [-0.2, -0.15) is 10.2 Å². The second kappa shape index (κ2) is 8.84. The van der Waals surface area contributed by atoms with E-state index in [9.17, 15) is 10.1 Å². The zero-order valence-corrected chi connectivity index (χ0v) is 18.8. The molecule has 5 rings (SSSR count). The molecule has 0 unspecified atom stereocenters. The van der Waals surface area contributed by atoms with E-state index in [1.807, 2.05) is 18.2 Å². The van der Waals surface area contributed by atoms with Crippen LogP contribution in [0, 0.1) is 11.3 Å². The highest BCUT2D eigenvalue weighted by Crippen LogP contribution is 2.37. The molecule has 0 radical (unpaired) electrons. The standard InChI is InChI=1S/C22H20N4O4S2/c23-11-15-21(25-7-3-1-2-4-8-25)30-19(24-15)10-18-20(27)26(22(31)32-18)12-14-5-6-16-17(9-14)29-13-28-16/h5-6,9-10H,1-4,7-8,12-13H2. The number of fused-ring (bicyclic) bond motifs is 1. The van der Waals surface area contributed by atoms with Crippen molar-refractivity contribution in [2.75, 3.05) is 24.8 Å². The Morgan fingerprint density at radius 3 is 2.75 bits per heavy atom. The number of aromatic nitrogens is 1. The van der Waals surface area contributed by atoms with Crippen molar-refractivity contribution in [1.82, 2.24) is 9.88 Å². The largest absolute Gasteiger partial charge is 0.454 e. The maximum atomic E-state index is 13.0. The third-order valence-corrected chi connectivity index (χ3v) is 6.91. The molecule has 10 heteroatoms. The van der Waals surface area contributed by atoms with Gasteiger partial charge in [-0.15, -0.1) is 0 Å². The number of anilines is 1. The smallest absolute Gasteiger partial charge is 0.266 e. The van der Waals surface area contributed by atoms with Crippen LogP contribution in [-0.4, -0.2) is 40.0 Å². The molecular weight excluding hydrogens is 448 g/mol. The van der Waals surface area contributed by atoms with Crippen molar-refractivity contribution in [3.8, 4) is 17.6 Å². The number of carbonyl (C=O) groups excluding carboxylic acids is 1. The van der Waals surface area contributed by atoms with Crippen LogP contribution in [0.3, 0.4) is 0 Å². The quantitative estimate of drug-likeness (QED) is 0.486. The second-order valence-electron chi connectivity index (χ2n) is 7.67. The zero-order chi connectivity index (χ0) is 22.1. The first-order valence-electron chi connectivity index (χ1n) is 10.4. The lowest BCUT2D eigenvalue weighted by Crippen LogP contribution is -2.27. The number of ether oxygens (including phenoxy) is 2. The van der Waals surface area contributed by atoms with E-state index in [2.05, 4.69) is 16.0 Å². The van der Waals surface area contributed by atoms with Gasteiger partial charge in [0.25, 0.3) is 5.91 Å². The monoisotopic (exact) mass is 468 g/mol. The molecule has 0 saturated carbocycles. The van der Waals surface area contributed by atoms with Gasteiger partial charge in [0.15, 0.2) is 11.5 Å². The van der Waals surface area contributed by atoms with Crippen LogP contribution in [0.15, 0.2) is 27.5 Å². The van der Waals surface area contributed by atoms with Crippen LogP contribution in [0.4, 0.5) is 5.88 Å². The number of benzene rings is 1. The first-order chi connectivity index (χ1) is 15.6. The van der Waals surface area contributed by atoms with Gasteiger partial charge in [-0.3, -0.25) is 9.69 Å². The molecule has 164 valence electrons. The minimum absolute atomic E-state index is 0.197. The Kier molecular flexibility index (Phi) is 5.76. The van der Waals surface area contributed by atoms with E-state index in [0.29, 0.717) is 33.2 Å². The Bertz CT molecular complexity index is 1150. The molecule has 2 fully saturated rings. The Balaban J connectivity index is 1.35. The van der Waals surface area contributed by atoms with Crippen LogP contribution in [-0.2, 0) is 11.3 Å². The lowest BCUT2D eigenvalue weighted by molar-refractivity contribution is -0.122. The highest BCUT2D eigenvalue weighted by atomic mass is 32.2. The van der Waals surface area contributed by atoms with Crippen LogP contribution in [0.1, 0.15) is 42.8 Å². The minimum atomic E-state index is -0.217. The van der Waals surface area contributed by atoms with E-state index in [4.69, 9.17) is 26.1 Å².